The fraction of sp³-hybridized carbons (Fsp3) is 0.500. The molecule has 3 rings (SSSR count). The van der Waals surface area contributed by atoms with E-state index in [1.807, 2.05) is 4.90 Å². The van der Waals surface area contributed by atoms with Gasteiger partial charge in [-0.3, -0.25) is 9.69 Å². The molecule has 1 atom stereocenters. The topological polar surface area (TPSA) is 71.0 Å². The third-order valence-electron chi connectivity index (χ3n) is 3.50. The molecule has 1 fully saturated rings. The standard InChI is InChI=1S/C14H18N2O4/c17-11-2-1-5-16(7-11)8-14(18)15-10-3-4-12-13(6-10)20-9-19-12/h3-4,6,11,17H,1-2,5,7-9H2,(H,15,18). The predicted molar refractivity (Wildman–Crippen MR) is 72.9 cm³/mol. The number of aliphatic hydroxyl groups excluding tert-OH is 1. The summed E-state index contributed by atoms with van der Waals surface area (Å²) in [4.78, 5) is 13.9. The van der Waals surface area contributed by atoms with E-state index in [-0.39, 0.29) is 18.8 Å². The van der Waals surface area contributed by atoms with Crippen molar-refractivity contribution in [2.45, 2.75) is 18.9 Å². The van der Waals surface area contributed by atoms with Gasteiger partial charge in [0.2, 0.25) is 12.7 Å². The second-order valence-corrected chi connectivity index (χ2v) is 5.15. The Morgan fingerprint density at radius 3 is 3.10 bits per heavy atom. The average molecular weight is 278 g/mol. The maximum Gasteiger partial charge on any atom is 0.238 e. The number of piperidine rings is 1. The molecule has 2 heterocycles. The minimum atomic E-state index is -0.318. The summed E-state index contributed by atoms with van der Waals surface area (Å²) in [5.74, 6) is 1.26. The highest BCUT2D eigenvalue weighted by Crippen LogP contribution is 2.34. The van der Waals surface area contributed by atoms with Gasteiger partial charge >= 0.3 is 0 Å². The monoisotopic (exact) mass is 278 g/mol. The molecule has 1 aromatic carbocycles. The van der Waals surface area contributed by atoms with Crippen LogP contribution in [0.5, 0.6) is 11.5 Å². The number of nitrogens with one attached hydrogen (secondary N) is 1. The lowest BCUT2D eigenvalue weighted by Gasteiger charge is -2.29. The zero-order valence-corrected chi connectivity index (χ0v) is 11.2. The summed E-state index contributed by atoms with van der Waals surface area (Å²) >= 11 is 0. The molecule has 20 heavy (non-hydrogen) atoms. The lowest BCUT2D eigenvalue weighted by molar-refractivity contribution is -0.118. The number of ether oxygens (including phenoxy) is 2. The molecule has 0 spiro atoms. The molecule has 0 bridgehead atoms. The fourth-order valence-corrected chi connectivity index (χ4v) is 2.55. The van der Waals surface area contributed by atoms with Gasteiger partial charge in [0.15, 0.2) is 11.5 Å². The van der Waals surface area contributed by atoms with Gasteiger partial charge in [-0.25, -0.2) is 0 Å². The molecule has 0 aliphatic carbocycles. The number of hydrogen-bond acceptors (Lipinski definition) is 5. The van der Waals surface area contributed by atoms with E-state index >= 15 is 0 Å². The van der Waals surface area contributed by atoms with Gasteiger partial charge in [-0.15, -0.1) is 0 Å². The van der Waals surface area contributed by atoms with Crippen molar-refractivity contribution >= 4 is 11.6 Å². The molecule has 1 saturated heterocycles. The van der Waals surface area contributed by atoms with Crippen molar-refractivity contribution in [3.05, 3.63) is 18.2 Å². The summed E-state index contributed by atoms with van der Waals surface area (Å²) in [5.41, 5.74) is 0.691. The fourth-order valence-electron chi connectivity index (χ4n) is 2.55. The number of aliphatic hydroxyl groups is 1. The summed E-state index contributed by atoms with van der Waals surface area (Å²) < 4.78 is 10.5. The first-order chi connectivity index (χ1) is 9.70. The van der Waals surface area contributed by atoms with Crippen molar-refractivity contribution in [1.29, 1.82) is 0 Å². The smallest absolute Gasteiger partial charge is 0.238 e. The van der Waals surface area contributed by atoms with E-state index in [9.17, 15) is 9.90 Å². The maximum absolute atomic E-state index is 12.0. The Hall–Kier alpha value is -1.79. The van der Waals surface area contributed by atoms with Gasteiger partial charge in [-0.05, 0) is 31.5 Å². The number of nitrogens with zero attached hydrogens (tertiary/aromatic N) is 1. The molecular weight excluding hydrogens is 260 g/mol. The number of anilines is 1. The molecule has 6 nitrogen and oxygen atoms in total. The number of fused-ring (bicyclic) bond motifs is 1. The van der Waals surface area contributed by atoms with Gasteiger partial charge in [0.1, 0.15) is 0 Å². The molecule has 0 aromatic heterocycles. The van der Waals surface area contributed by atoms with E-state index in [4.69, 9.17) is 9.47 Å². The highest BCUT2D eigenvalue weighted by atomic mass is 16.7. The minimum Gasteiger partial charge on any atom is -0.454 e. The summed E-state index contributed by atoms with van der Waals surface area (Å²) in [6.45, 7) is 1.93. The van der Waals surface area contributed by atoms with Crippen molar-refractivity contribution in [1.82, 2.24) is 4.90 Å². The summed E-state index contributed by atoms with van der Waals surface area (Å²) in [6, 6.07) is 5.32. The lowest BCUT2D eigenvalue weighted by atomic mass is 10.1. The van der Waals surface area contributed by atoms with E-state index in [0.29, 0.717) is 30.3 Å². The molecule has 0 saturated carbocycles. The number of β-amino-alcohol motifs (C(OH)–C–C–N with tert-alkyl or cyclic N) is 1. The Morgan fingerprint density at radius 2 is 2.25 bits per heavy atom. The number of carbonyl (C=O) groups excluding carboxylic acids is 1. The van der Waals surface area contributed by atoms with Crippen LogP contribution in [0.25, 0.3) is 0 Å². The van der Waals surface area contributed by atoms with E-state index in [1.54, 1.807) is 18.2 Å². The van der Waals surface area contributed by atoms with Crippen LogP contribution in [-0.4, -0.2) is 48.4 Å². The van der Waals surface area contributed by atoms with Crippen molar-refractivity contribution in [3.63, 3.8) is 0 Å². The number of hydrogen-bond donors (Lipinski definition) is 2. The van der Waals surface area contributed by atoms with Gasteiger partial charge < -0.3 is 19.9 Å². The SMILES string of the molecule is O=C(CN1CCCC(O)C1)Nc1ccc2c(c1)OCO2. The first-order valence-corrected chi connectivity index (χ1v) is 6.80. The Labute approximate surface area is 117 Å². The summed E-state index contributed by atoms with van der Waals surface area (Å²) in [6.07, 6.45) is 1.43. The molecule has 2 N–H and O–H groups in total. The Balaban J connectivity index is 1.56. The van der Waals surface area contributed by atoms with E-state index in [2.05, 4.69) is 5.32 Å². The molecular formula is C14H18N2O4. The van der Waals surface area contributed by atoms with E-state index in [0.717, 1.165) is 19.4 Å². The molecule has 1 unspecified atom stereocenters. The van der Waals surface area contributed by atoms with Gasteiger partial charge in [0, 0.05) is 18.3 Å². The number of carbonyl (C=O) groups is 1. The Morgan fingerprint density at radius 1 is 1.40 bits per heavy atom. The average Bonchev–Trinajstić information content (AvgIpc) is 2.86. The zero-order valence-electron chi connectivity index (χ0n) is 11.2. The molecule has 2 aliphatic rings. The predicted octanol–water partition coefficient (Wildman–Crippen LogP) is 0.810. The highest BCUT2D eigenvalue weighted by molar-refractivity contribution is 5.92. The molecule has 1 aromatic rings. The van der Waals surface area contributed by atoms with Crippen LogP contribution < -0.4 is 14.8 Å². The zero-order chi connectivity index (χ0) is 13.9. The van der Waals surface area contributed by atoms with Gasteiger partial charge in [-0.1, -0.05) is 0 Å². The second-order valence-electron chi connectivity index (χ2n) is 5.15. The van der Waals surface area contributed by atoms with E-state index in [1.165, 1.54) is 0 Å². The number of amides is 1. The minimum absolute atomic E-state index is 0.0852. The van der Waals surface area contributed by atoms with Crippen molar-refractivity contribution in [3.8, 4) is 11.5 Å². The van der Waals surface area contributed by atoms with E-state index < -0.39 is 0 Å². The van der Waals surface area contributed by atoms with Crippen LogP contribution in [0.2, 0.25) is 0 Å². The summed E-state index contributed by atoms with van der Waals surface area (Å²) in [5, 5.41) is 12.4. The quantitative estimate of drug-likeness (QED) is 0.856. The highest BCUT2D eigenvalue weighted by Gasteiger charge is 2.20. The molecule has 108 valence electrons. The Bertz CT molecular complexity index is 506. The van der Waals surface area contributed by atoms with Crippen molar-refractivity contribution in [2.75, 3.05) is 31.7 Å². The molecule has 6 heteroatoms. The Kier molecular flexibility index (Phi) is 3.75. The lowest BCUT2D eigenvalue weighted by Crippen LogP contribution is -2.42. The van der Waals surface area contributed by atoms with Gasteiger partial charge in [-0.2, -0.15) is 0 Å². The normalized spacial score (nSPS) is 21.8. The van der Waals surface area contributed by atoms with Crippen LogP contribution in [0, 0.1) is 0 Å². The van der Waals surface area contributed by atoms with Crippen LogP contribution in [0.1, 0.15) is 12.8 Å². The largest absolute Gasteiger partial charge is 0.454 e. The number of benzene rings is 1. The van der Waals surface area contributed by atoms with Gasteiger partial charge in [0.05, 0.1) is 12.6 Å². The number of likely N-dealkylation sites (tertiary alicyclic amines) is 1. The first-order valence-electron chi connectivity index (χ1n) is 6.80. The second kappa shape index (κ2) is 5.68. The van der Waals surface area contributed by atoms with Crippen LogP contribution in [-0.2, 0) is 4.79 Å². The third kappa shape index (κ3) is 3.02. The molecule has 1 amide bonds. The first kappa shape index (κ1) is 13.2. The molecule has 0 radical (unpaired) electrons. The van der Waals surface area contributed by atoms with Crippen LogP contribution in [0.15, 0.2) is 18.2 Å². The number of rotatable bonds is 3. The van der Waals surface area contributed by atoms with Crippen molar-refractivity contribution in [2.24, 2.45) is 0 Å². The summed E-state index contributed by atoms with van der Waals surface area (Å²) in [7, 11) is 0. The van der Waals surface area contributed by atoms with Crippen LogP contribution >= 0.6 is 0 Å². The van der Waals surface area contributed by atoms with Gasteiger partial charge in [0.25, 0.3) is 0 Å². The maximum atomic E-state index is 12.0. The third-order valence-corrected chi connectivity index (χ3v) is 3.50. The van der Waals surface area contributed by atoms with Crippen molar-refractivity contribution < 1.29 is 19.4 Å². The van der Waals surface area contributed by atoms with Crippen LogP contribution in [0.3, 0.4) is 0 Å². The molecule has 2 aliphatic heterocycles. The van der Waals surface area contributed by atoms with Crippen LogP contribution in [0.4, 0.5) is 5.69 Å².